The summed E-state index contributed by atoms with van der Waals surface area (Å²) >= 11 is 5.75. The van der Waals surface area contributed by atoms with Crippen LogP contribution in [0.3, 0.4) is 0 Å². The molecular formula is C10H17ClN4O. The van der Waals surface area contributed by atoms with Crippen molar-refractivity contribution in [3.8, 4) is 0 Å². The van der Waals surface area contributed by atoms with Crippen LogP contribution in [0.4, 0.5) is 0 Å². The summed E-state index contributed by atoms with van der Waals surface area (Å²) in [5, 5.41) is 7.70. The topological polar surface area (TPSA) is 72.9 Å². The second kappa shape index (κ2) is 5.32. The molecule has 0 spiro atoms. The number of nitrogens with two attached hydrogens (primary N) is 1. The maximum atomic E-state index is 11.4. The normalized spacial score (nSPS) is 14.7. The molecule has 0 aliphatic heterocycles. The Labute approximate surface area is 99.9 Å². The monoisotopic (exact) mass is 244 g/mol. The summed E-state index contributed by atoms with van der Waals surface area (Å²) < 4.78 is 1.61. The van der Waals surface area contributed by atoms with Crippen molar-refractivity contribution in [3.05, 3.63) is 17.4 Å². The van der Waals surface area contributed by atoms with Gasteiger partial charge in [-0.15, -0.1) is 0 Å². The van der Waals surface area contributed by atoms with E-state index in [0.29, 0.717) is 11.6 Å². The zero-order chi connectivity index (χ0) is 12.2. The van der Waals surface area contributed by atoms with E-state index < -0.39 is 11.4 Å². The zero-order valence-corrected chi connectivity index (χ0v) is 10.3. The number of rotatable bonds is 6. The first-order valence-electron chi connectivity index (χ1n) is 5.21. The second-order valence-electron chi connectivity index (χ2n) is 3.98. The van der Waals surface area contributed by atoms with E-state index in [1.54, 1.807) is 17.8 Å². The molecule has 0 fully saturated rings. The van der Waals surface area contributed by atoms with Crippen molar-refractivity contribution in [3.63, 3.8) is 0 Å². The fraction of sp³-hybridized carbons (Fsp3) is 0.600. The first kappa shape index (κ1) is 13.0. The SMILES string of the molecule is CCCNC(C)(Cn1cc(Cl)cn1)C(N)=O. The first-order valence-corrected chi connectivity index (χ1v) is 5.58. The van der Waals surface area contributed by atoms with Crippen LogP contribution in [0.15, 0.2) is 12.4 Å². The van der Waals surface area contributed by atoms with E-state index in [1.807, 2.05) is 6.92 Å². The highest BCUT2D eigenvalue weighted by Gasteiger charge is 2.30. The Morgan fingerprint density at radius 3 is 2.88 bits per heavy atom. The van der Waals surface area contributed by atoms with Crippen molar-refractivity contribution in [1.82, 2.24) is 15.1 Å². The Morgan fingerprint density at radius 2 is 2.44 bits per heavy atom. The standard InChI is InChI=1S/C10H17ClN4O/c1-3-4-13-10(2,9(12)16)7-15-6-8(11)5-14-15/h5-6,13H,3-4,7H2,1-2H3,(H2,12,16). The molecule has 1 amide bonds. The third-order valence-electron chi connectivity index (χ3n) is 2.39. The van der Waals surface area contributed by atoms with Crippen molar-refractivity contribution in [2.45, 2.75) is 32.4 Å². The molecule has 0 saturated heterocycles. The molecule has 90 valence electrons. The third kappa shape index (κ3) is 3.21. The van der Waals surface area contributed by atoms with Gasteiger partial charge in [-0.05, 0) is 19.9 Å². The minimum atomic E-state index is -0.800. The number of hydrogen-bond donors (Lipinski definition) is 2. The summed E-state index contributed by atoms with van der Waals surface area (Å²) in [7, 11) is 0. The van der Waals surface area contributed by atoms with Gasteiger partial charge in [-0.3, -0.25) is 9.48 Å². The molecule has 6 heteroatoms. The van der Waals surface area contributed by atoms with E-state index >= 15 is 0 Å². The molecule has 0 saturated carbocycles. The fourth-order valence-electron chi connectivity index (χ4n) is 1.37. The van der Waals surface area contributed by atoms with E-state index in [0.717, 1.165) is 13.0 Å². The summed E-state index contributed by atoms with van der Waals surface area (Å²) in [5.41, 5.74) is 4.59. The zero-order valence-electron chi connectivity index (χ0n) is 9.53. The summed E-state index contributed by atoms with van der Waals surface area (Å²) in [4.78, 5) is 11.4. The number of halogens is 1. The number of nitrogens with zero attached hydrogens (tertiary/aromatic N) is 2. The highest BCUT2D eigenvalue weighted by Crippen LogP contribution is 2.10. The lowest BCUT2D eigenvalue weighted by Crippen LogP contribution is -2.56. The summed E-state index contributed by atoms with van der Waals surface area (Å²) in [6.07, 6.45) is 4.13. The first-order chi connectivity index (χ1) is 7.48. The van der Waals surface area contributed by atoms with Gasteiger partial charge in [0.2, 0.25) is 5.91 Å². The van der Waals surface area contributed by atoms with E-state index in [2.05, 4.69) is 10.4 Å². The van der Waals surface area contributed by atoms with Gasteiger partial charge in [0.05, 0.1) is 17.8 Å². The molecule has 3 N–H and O–H groups in total. The number of aromatic nitrogens is 2. The van der Waals surface area contributed by atoms with Crippen LogP contribution in [0, 0.1) is 0 Å². The van der Waals surface area contributed by atoms with Crippen LogP contribution in [0.2, 0.25) is 5.02 Å². The minimum absolute atomic E-state index is 0.370. The Hall–Kier alpha value is -1.07. The summed E-state index contributed by atoms with van der Waals surface area (Å²) in [6.45, 7) is 4.89. The van der Waals surface area contributed by atoms with Crippen molar-refractivity contribution >= 4 is 17.5 Å². The van der Waals surface area contributed by atoms with Gasteiger partial charge < -0.3 is 11.1 Å². The van der Waals surface area contributed by atoms with Crippen LogP contribution >= 0.6 is 11.6 Å². The van der Waals surface area contributed by atoms with E-state index in [9.17, 15) is 4.79 Å². The van der Waals surface area contributed by atoms with Gasteiger partial charge >= 0.3 is 0 Å². The Kier molecular flexibility index (Phi) is 4.32. The van der Waals surface area contributed by atoms with E-state index in [4.69, 9.17) is 17.3 Å². The Balaban J connectivity index is 2.74. The molecule has 0 aliphatic carbocycles. The number of carbonyl (C=O) groups is 1. The largest absolute Gasteiger partial charge is 0.368 e. The molecule has 1 unspecified atom stereocenters. The molecule has 1 rings (SSSR count). The average molecular weight is 245 g/mol. The second-order valence-corrected chi connectivity index (χ2v) is 4.42. The van der Waals surface area contributed by atoms with Crippen LogP contribution in [0.5, 0.6) is 0 Å². The van der Waals surface area contributed by atoms with Gasteiger partial charge in [0.25, 0.3) is 0 Å². The molecule has 0 radical (unpaired) electrons. The van der Waals surface area contributed by atoms with E-state index in [-0.39, 0.29) is 0 Å². The quantitative estimate of drug-likeness (QED) is 0.777. The summed E-state index contributed by atoms with van der Waals surface area (Å²) in [6, 6.07) is 0. The van der Waals surface area contributed by atoms with Crippen molar-refractivity contribution < 1.29 is 4.79 Å². The van der Waals surface area contributed by atoms with Gasteiger partial charge in [-0.25, -0.2) is 0 Å². The fourth-order valence-corrected chi connectivity index (χ4v) is 1.53. The molecular weight excluding hydrogens is 228 g/mol. The lowest BCUT2D eigenvalue weighted by atomic mass is 10.0. The lowest BCUT2D eigenvalue weighted by Gasteiger charge is -2.27. The highest BCUT2D eigenvalue weighted by molar-refractivity contribution is 6.30. The Morgan fingerprint density at radius 1 is 1.75 bits per heavy atom. The number of nitrogens with one attached hydrogen (secondary N) is 1. The molecule has 0 bridgehead atoms. The van der Waals surface area contributed by atoms with Crippen molar-refractivity contribution in [1.29, 1.82) is 0 Å². The summed E-state index contributed by atoms with van der Waals surface area (Å²) in [5.74, 6) is -0.396. The van der Waals surface area contributed by atoms with Crippen LogP contribution in [0.25, 0.3) is 0 Å². The molecule has 1 aromatic rings. The van der Waals surface area contributed by atoms with Gasteiger partial charge in [-0.1, -0.05) is 18.5 Å². The third-order valence-corrected chi connectivity index (χ3v) is 2.58. The van der Waals surface area contributed by atoms with Crippen molar-refractivity contribution in [2.24, 2.45) is 5.73 Å². The molecule has 5 nitrogen and oxygen atoms in total. The molecule has 0 aromatic carbocycles. The van der Waals surface area contributed by atoms with Crippen molar-refractivity contribution in [2.75, 3.05) is 6.54 Å². The van der Waals surface area contributed by atoms with Gasteiger partial charge in [0.1, 0.15) is 5.54 Å². The molecule has 0 aliphatic rings. The lowest BCUT2D eigenvalue weighted by molar-refractivity contribution is -0.124. The smallest absolute Gasteiger partial charge is 0.239 e. The minimum Gasteiger partial charge on any atom is -0.368 e. The van der Waals surface area contributed by atoms with E-state index in [1.165, 1.54) is 6.20 Å². The van der Waals surface area contributed by atoms with Crippen LogP contribution < -0.4 is 11.1 Å². The number of hydrogen-bond acceptors (Lipinski definition) is 3. The average Bonchev–Trinajstić information content (AvgIpc) is 2.60. The number of primary amides is 1. The highest BCUT2D eigenvalue weighted by atomic mass is 35.5. The maximum Gasteiger partial charge on any atom is 0.239 e. The predicted octanol–water partition coefficient (Wildman–Crippen LogP) is 0.780. The van der Waals surface area contributed by atoms with Crippen LogP contribution in [-0.4, -0.2) is 27.8 Å². The molecule has 16 heavy (non-hydrogen) atoms. The molecule has 1 heterocycles. The predicted molar refractivity (Wildman–Crippen MR) is 63.1 cm³/mol. The molecule has 1 atom stereocenters. The maximum absolute atomic E-state index is 11.4. The van der Waals surface area contributed by atoms with Gasteiger partial charge in [0.15, 0.2) is 0 Å². The Bertz CT molecular complexity index is 365. The van der Waals surface area contributed by atoms with Gasteiger partial charge in [0, 0.05) is 6.20 Å². The number of amides is 1. The van der Waals surface area contributed by atoms with Crippen LogP contribution in [0.1, 0.15) is 20.3 Å². The van der Waals surface area contributed by atoms with Crippen LogP contribution in [-0.2, 0) is 11.3 Å². The molecule has 1 aromatic heterocycles. The number of carbonyl (C=O) groups excluding carboxylic acids is 1. The van der Waals surface area contributed by atoms with Gasteiger partial charge in [-0.2, -0.15) is 5.10 Å².